The molecule has 0 unspecified atom stereocenters. The Morgan fingerprint density at radius 1 is 0.957 bits per heavy atom. The average molecular weight is 305 g/mol. The quantitative estimate of drug-likeness (QED) is 0.735. The molecule has 0 fully saturated rings. The molecule has 3 aromatic rings. The SMILES string of the molecule is Cc1nnc(C(/C=C/CN)(c2ccccc2)c2ccccc2)o1. The van der Waals surface area contributed by atoms with Gasteiger partial charge < -0.3 is 10.2 Å². The van der Waals surface area contributed by atoms with E-state index in [1.54, 1.807) is 6.92 Å². The van der Waals surface area contributed by atoms with Crippen LogP contribution in [0.4, 0.5) is 0 Å². The van der Waals surface area contributed by atoms with Crippen LogP contribution >= 0.6 is 0 Å². The van der Waals surface area contributed by atoms with Crippen LogP contribution in [0.5, 0.6) is 0 Å². The number of nitrogens with zero attached hydrogens (tertiary/aromatic N) is 2. The van der Waals surface area contributed by atoms with E-state index in [0.717, 1.165) is 11.1 Å². The van der Waals surface area contributed by atoms with Gasteiger partial charge in [0.2, 0.25) is 11.8 Å². The summed E-state index contributed by atoms with van der Waals surface area (Å²) in [4.78, 5) is 0. The average Bonchev–Trinajstić information content (AvgIpc) is 3.04. The Morgan fingerprint density at radius 2 is 1.52 bits per heavy atom. The smallest absolute Gasteiger partial charge is 0.235 e. The summed E-state index contributed by atoms with van der Waals surface area (Å²) in [6, 6.07) is 20.3. The summed E-state index contributed by atoms with van der Waals surface area (Å²) in [5.41, 5.74) is 7.18. The first-order valence-corrected chi connectivity index (χ1v) is 7.57. The Balaban J connectivity index is 2.32. The number of benzene rings is 2. The predicted molar refractivity (Wildman–Crippen MR) is 90.0 cm³/mol. The van der Waals surface area contributed by atoms with E-state index < -0.39 is 5.41 Å². The molecular weight excluding hydrogens is 286 g/mol. The highest BCUT2D eigenvalue weighted by atomic mass is 16.4. The zero-order valence-electron chi connectivity index (χ0n) is 13.0. The molecule has 2 N–H and O–H groups in total. The van der Waals surface area contributed by atoms with Gasteiger partial charge >= 0.3 is 0 Å². The van der Waals surface area contributed by atoms with Crippen LogP contribution in [0.2, 0.25) is 0 Å². The highest BCUT2D eigenvalue weighted by Crippen LogP contribution is 2.39. The van der Waals surface area contributed by atoms with Crippen LogP contribution in [-0.4, -0.2) is 16.7 Å². The monoisotopic (exact) mass is 305 g/mol. The van der Waals surface area contributed by atoms with Crippen molar-refractivity contribution < 1.29 is 4.42 Å². The highest BCUT2D eigenvalue weighted by Gasteiger charge is 2.38. The molecular formula is C19H19N3O. The van der Waals surface area contributed by atoms with Gasteiger partial charge in [0.1, 0.15) is 5.41 Å². The summed E-state index contributed by atoms with van der Waals surface area (Å²) in [7, 11) is 0. The number of hydrogen-bond donors (Lipinski definition) is 1. The molecule has 0 aliphatic heterocycles. The molecule has 0 spiro atoms. The Morgan fingerprint density at radius 3 is 1.96 bits per heavy atom. The lowest BCUT2D eigenvalue weighted by atomic mass is 9.74. The van der Waals surface area contributed by atoms with E-state index in [2.05, 4.69) is 34.5 Å². The van der Waals surface area contributed by atoms with E-state index in [-0.39, 0.29) is 0 Å². The Kier molecular flexibility index (Phi) is 4.35. The van der Waals surface area contributed by atoms with Crippen molar-refractivity contribution >= 4 is 0 Å². The van der Waals surface area contributed by atoms with Crippen LogP contribution in [0.3, 0.4) is 0 Å². The van der Waals surface area contributed by atoms with E-state index >= 15 is 0 Å². The number of rotatable bonds is 5. The maximum atomic E-state index is 5.84. The summed E-state index contributed by atoms with van der Waals surface area (Å²) < 4.78 is 5.84. The molecule has 1 heterocycles. The largest absolute Gasteiger partial charge is 0.424 e. The first-order chi connectivity index (χ1) is 11.3. The molecule has 116 valence electrons. The van der Waals surface area contributed by atoms with Gasteiger partial charge in [0.15, 0.2) is 0 Å². The van der Waals surface area contributed by atoms with Gasteiger partial charge in [-0.15, -0.1) is 10.2 Å². The number of hydrogen-bond acceptors (Lipinski definition) is 4. The molecule has 4 heteroatoms. The van der Waals surface area contributed by atoms with Gasteiger partial charge in [-0.25, -0.2) is 0 Å². The molecule has 0 saturated heterocycles. The zero-order valence-corrected chi connectivity index (χ0v) is 13.0. The molecule has 4 nitrogen and oxygen atoms in total. The highest BCUT2D eigenvalue weighted by molar-refractivity contribution is 5.50. The third kappa shape index (κ3) is 2.81. The van der Waals surface area contributed by atoms with Gasteiger partial charge in [-0.2, -0.15) is 0 Å². The van der Waals surface area contributed by atoms with Gasteiger partial charge in [-0.3, -0.25) is 0 Å². The van der Waals surface area contributed by atoms with E-state index in [0.29, 0.717) is 18.3 Å². The number of nitrogens with two attached hydrogens (primary N) is 1. The van der Waals surface area contributed by atoms with Crippen molar-refractivity contribution in [2.45, 2.75) is 12.3 Å². The summed E-state index contributed by atoms with van der Waals surface area (Å²) in [5, 5.41) is 8.35. The van der Waals surface area contributed by atoms with Gasteiger partial charge in [0.25, 0.3) is 0 Å². The van der Waals surface area contributed by atoms with Crippen LogP contribution in [0.25, 0.3) is 0 Å². The lowest BCUT2D eigenvalue weighted by Crippen LogP contribution is -2.28. The van der Waals surface area contributed by atoms with Crippen molar-refractivity contribution in [3.8, 4) is 0 Å². The lowest BCUT2D eigenvalue weighted by Gasteiger charge is -2.28. The zero-order chi connectivity index (χ0) is 16.1. The Bertz CT molecular complexity index is 739. The molecule has 0 atom stereocenters. The van der Waals surface area contributed by atoms with Crippen LogP contribution < -0.4 is 5.73 Å². The maximum absolute atomic E-state index is 5.84. The van der Waals surface area contributed by atoms with Crippen molar-refractivity contribution in [3.05, 3.63) is 95.7 Å². The van der Waals surface area contributed by atoms with Gasteiger partial charge in [0, 0.05) is 13.5 Å². The number of allylic oxidation sites excluding steroid dienone is 1. The minimum atomic E-state index is -0.650. The van der Waals surface area contributed by atoms with Crippen LogP contribution in [0.1, 0.15) is 22.9 Å². The van der Waals surface area contributed by atoms with Crippen molar-refractivity contribution in [1.82, 2.24) is 10.2 Å². The first-order valence-electron chi connectivity index (χ1n) is 7.57. The second kappa shape index (κ2) is 6.58. The molecule has 23 heavy (non-hydrogen) atoms. The Hall–Kier alpha value is -2.72. The molecule has 1 aromatic heterocycles. The molecule has 0 amide bonds. The lowest BCUT2D eigenvalue weighted by molar-refractivity contribution is 0.431. The summed E-state index contributed by atoms with van der Waals surface area (Å²) in [6.07, 6.45) is 3.98. The minimum absolute atomic E-state index is 0.439. The Labute approximate surface area is 135 Å². The van der Waals surface area contributed by atoms with Crippen molar-refractivity contribution in [2.24, 2.45) is 5.73 Å². The van der Waals surface area contributed by atoms with Gasteiger partial charge in [-0.05, 0) is 11.1 Å². The van der Waals surface area contributed by atoms with Gasteiger partial charge in [-0.1, -0.05) is 72.8 Å². The van der Waals surface area contributed by atoms with E-state index in [4.69, 9.17) is 10.2 Å². The summed E-state index contributed by atoms with van der Waals surface area (Å²) in [6.45, 7) is 2.23. The second-order valence-corrected chi connectivity index (χ2v) is 5.30. The molecule has 3 rings (SSSR count). The molecule has 0 radical (unpaired) electrons. The number of aryl methyl sites for hydroxylation is 1. The van der Waals surface area contributed by atoms with Crippen molar-refractivity contribution in [1.29, 1.82) is 0 Å². The fraction of sp³-hybridized carbons (Fsp3) is 0.158. The van der Waals surface area contributed by atoms with Crippen LogP contribution in [-0.2, 0) is 5.41 Å². The summed E-state index contributed by atoms with van der Waals surface area (Å²) >= 11 is 0. The number of aromatic nitrogens is 2. The maximum Gasteiger partial charge on any atom is 0.235 e. The molecule has 0 saturated carbocycles. The second-order valence-electron chi connectivity index (χ2n) is 5.30. The first kappa shape index (κ1) is 15.2. The third-order valence-electron chi connectivity index (χ3n) is 3.83. The predicted octanol–water partition coefficient (Wildman–Crippen LogP) is 3.23. The normalized spacial score (nSPS) is 11.9. The summed E-state index contributed by atoms with van der Waals surface area (Å²) in [5.74, 6) is 1.08. The van der Waals surface area contributed by atoms with Crippen LogP contribution in [0.15, 0.2) is 77.2 Å². The molecule has 0 bridgehead atoms. The fourth-order valence-corrected chi connectivity index (χ4v) is 2.78. The van der Waals surface area contributed by atoms with Crippen LogP contribution in [0, 0.1) is 6.92 Å². The molecule has 0 aliphatic rings. The molecule has 0 aliphatic carbocycles. The van der Waals surface area contributed by atoms with Crippen molar-refractivity contribution in [3.63, 3.8) is 0 Å². The topological polar surface area (TPSA) is 64.9 Å². The fourth-order valence-electron chi connectivity index (χ4n) is 2.78. The van der Waals surface area contributed by atoms with E-state index in [9.17, 15) is 0 Å². The van der Waals surface area contributed by atoms with Crippen molar-refractivity contribution in [2.75, 3.05) is 6.54 Å². The van der Waals surface area contributed by atoms with Gasteiger partial charge in [0.05, 0.1) is 0 Å². The standard InChI is InChI=1S/C19H19N3O/c1-15-21-22-18(23-15)19(13-8-14-20,16-9-4-2-5-10-16)17-11-6-3-7-12-17/h2-13H,14,20H2,1H3/b13-8+. The third-order valence-corrected chi connectivity index (χ3v) is 3.83. The van der Waals surface area contributed by atoms with E-state index in [1.165, 1.54) is 0 Å². The van der Waals surface area contributed by atoms with E-state index in [1.807, 2.05) is 48.6 Å². The minimum Gasteiger partial charge on any atom is -0.424 e. The molecule has 2 aromatic carbocycles.